The molecular formula is C28H35ClN2O4. The van der Waals surface area contributed by atoms with Gasteiger partial charge in [0.25, 0.3) is 0 Å². The fourth-order valence-electron chi connectivity index (χ4n) is 5.11. The molecule has 35 heavy (non-hydrogen) atoms. The Kier molecular flexibility index (Phi) is 8.69. The molecule has 0 aromatic heterocycles. The lowest BCUT2D eigenvalue weighted by Gasteiger charge is -2.44. The van der Waals surface area contributed by atoms with E-state index in [1.807, 2.05) is 54.4 Å². The van der Waals surface area contributed by atoms with Crippen LogP contribution in [0.1, 0.15) is 37.7 Å². The maximum absolute atomic E-state index is 13.4. The number of nitrogens with zero attached hydrogens (tertiary/aromatic N) is 2. The number of hydrogen-bond donors (Lipinski definition) is 0. The van der Waals surface area contributed by atoms with Crippen molar-refractivity contribution in [1.82, 2.24) is 9.80 Å². The molecule has 0 saturated carbocycles. The monoisotopic (exact) mass is 498 g/mol. The fraction of sp³-hybridized carbons (Fsp3) is 0.500. The number of ether oxygens (including phenoxy) is 2. The highest BCUT2D eigenvalue weighted by Crippen LogP contribution is 2.36. The van der Waals surface area contributed by atoms with E-state index in [9.17, 15) is 9.59 Å². The average molecular weight is 499 g/mol. The molecular weight excluding hydrogens is 464 g/mol. The molecule has 188 valence electrons. The lowest BCUT2D eigenvalue weighted by molar-refractivity contribution is -0.146. The zero-order chi connectivity index (χ0) is 24.7. The number of rotatable bonds is 8. The number of carbonyl (C=O) groups is 2. The van der Waals surface area contributed by atoms with Gasteiger partial charge in [-0.3, -0.25) is 9.59 Å². The lowest BCUT2D eigenvalue weighted by atomic mass is 9.76. The van der Waals surface area contributed by atoms with Crippen LogP contribution in [-0.4, -0.2) is 61.6 Å². The second-order valence-corrected chi connectivity index (χ2v) is 10.3. The minimum atomic E-state index is -0.455. The zero-order valence-electron chi connectivity index (χ0n) is 20.5. The Balaban J connectivity index is 1.49. The second-order valence-electron chi connectivity index (χ2n) is 9.91. The molecule has 0 spiro atoms. The number of benzene rings is 2. The number of carbonyl (C=O) groups excluding carboxylic acids is 2. The summed E-state index contributed by atoms with van der Waals surface area (Å²) in [6.45, 7) is 3.43. The standard InChI is InChI=1S/C28H35ClN2O4/c1-30(19-22-7-3-2-4-8-22)26(32)18-28(21-35-25-10-5-9-24(29)17-25)13-6-14-31(20-28)27(33)23-11-15-34-16-12-23/h2-5,7-10,17,23H,6,11-16,18-21H2,1H3. The van der Waals surface area contributed by atoms with Crippen LogP contribution in [0.2, 0.25) is 5.02 Å². The number of amides is 2. The highest BCUT2D eigenvalue weighted by molar-refractivity contribution is 6.30. The van der Waals surface area contributed by atoms with Crippen molar-refractivity contribution in [3.63, 3.8) is 0 Å². The summed E-state index contributed by atoms with van der Waals surface area (Å²) in [7, 11) is 1.84. The van der Waals surface area contributed by atoms with Crippen molar-refractivity contribution in [1.29, 1.82) is 0 Å². The molecule has 0 aliphatic carbocycles. The highest BCUT2D eigenvalue weighted by atomic mass is 35.5. The van der Waals surface area contributed by atoms with E-state index in [-0.39, 0.29) is 17.7 Å². The van der Waals surface area contributed by atoms with Crippen LogP contribution in [0, 0.1) is 11.3 Å². The van der Waals surface area contributed by atoms with Gasteiger partial charge in [0.1, 0.15) is 5.75 Å². The Bertz CT molecular complexity index is 995. The van der Waals surface area contributed by atoms with Crippen molar-refractivity contribution in [2.45, 2.75) is 38.6 Å². The zero-order valence-corrected chi connectivity index (χ0v) is 21.2. The van der Waals surface area contributed by atoms with Crippen LogP contribution >= 0.6 is 11.6 Å². The van der Waals surface area contributed by atoms with Gasteiger partial charge in [-0.25, -0.2) is 0 Å². The Morgan fingerprint density at radius 3 is 2.66 bits per heavy atom. The van der Waals surface area contributed by atoms with E-state index in [1.165, 1.54) is 0 Å². The molecule has 2 amide bonds. The van der Waals surface area contributed by atoms with Crippen molar-refractivity contribution < 1.29 is 19.1 Å². The van der Waals surface area contributed by atoms with Gasteiger partial charge in [0.2, 0.25) is 11.8 Å². The van der Waals surface area contributed by atoms with E-state index in [1.54, 1.807) is 17.0 Å². The van der Waals surface area contributed by atoms with Crippen LogP contribution in [0.3, 0.4) is 0 Å². The number of halogens is 1. The molecule has 2 aliphatic rings. The summed E-state index contributed by atoms with van der Waals surface area (Å²) in [4.78, 5) is 30.5. The van der Waals surface area contributed by atoms with E-state index < -0.39 is 5.41 Å². The molecule has 2 aliphatic heterocycles. The van der Waals surface area contributed by atoms with Gasteiger partial charge in [0.15, 0.2) is 0 Å². The van der Waals surface area contributed by atoms with Crippen LogP contribution in [0.5, 0.6) is 5.75 Å². The number of likely N-dealkylation sites (tertiary alicyclic amines) is 1. The van der Waals surface area contributed by atoms with Crippen LogP contribution in [-0.2, 0) is 20.9 Å². The van der Waals surface area contributed by atoms with E-state index in [0.29, 0.717) is 50.1 Å². The van der Waals surface area contributed by atoms with Crippen LogP contribution < -0.4 is 4.74 Å². The number of hydrogen-bond acceptors (Lipinski definition) is 4. The van der Waals surface area contributed by atoms with Gasteiger partial charge in [-0.05, 0) is 49.4 Å². The second kappa shape index (κ2) is 11.9. The third-order valence-corrected chi connectivity index (χ3v) is 7.33. The van der Waals surface area contributed by atoms with Crippen molar-refractivity contribution >= 4 is 23.4 Å². The van der Waals surface area contributed by atoms with Crippen molar-refractivity contribution in [2.75, 3.05) is 40.0 Å². The van der Waals surface area contributed by atoms with Gasteiger partial charge >= 0.3 is 0 Å². The first kappa shape index (κ1) is 25.5. The molecule has 6 nitrogen and oxygen atoms in total. The number of piperidine rings is 1. The minimum Gasteiger partial charge on any atom is -0.493 e. The van der Waals surface area contributed by atoms with Gasteiger partial charge in [0.05, 0.1) is 6.61 Å². The maximum Gasteiger partial charge on any atom is 0.225 e. The maximum atomic E-state index is 13.4. The lowest BCUT2D eigenvalue weighted by Crippen LogP contribution is -2.52. The van der Waals surface area contributed by atoms with Gasteiger partial charge in [-0.2, -0.15) is 0 Å². The van der Waals surface area contributed by atoms with E-state index >= 15 is 0 Å². The summed E-state index contributed by atoms with van der Waals surface area (Å²) in [5.74, 6) is 0.925. The van der Waals surface area contributed by atoms with E-state index in [0.717, 1.165) is 37.8 Å². The smallest absolute Gasteiger partial charge is 0.225 e. The first-order chi connectivity index (χ1) is 16.9. The van der Waals surface area contributed by atoms with Crippen LogP contribution in [0.15, 0.2) is 54.6 Å². The molecule has 2 heterocycles. The van der Waals surface area contributed by atoms with E-state index in [4.69, 9.17) is 21.1 Å². The highest BCUT2D eigenvalue weighted by Gasteiger charge is 2.41. The minimum absolute atomic E-state index is 0.00449. The third-order valence-electron chi connectivity index (χ3n) is 7.10. The molecule has 2 saturated heterocycles. The molecule has 1 unspecified atom stereocenters. The Morgan fingerprint density at radius 1 is 1.14 bits per heavy atom. The Hall–Kier alpha value is -2.57. The summed E-state index contributed by atoms with van der Waals surface area (Å²) in [6, 6.07) is 17.3. The first-order valence-corrected chi connectivity index (χ1v) is 12.8. The summed E-state index contributed by atoms with van der Waals surface area (Å²) >= 11 is 6.15. The summed E-state index contributed by atoms with van der Waals surface area (Å²) in [6.07, 6.45) is 3.54. The molecule has 2 fully saturated rings. The van der Waals surface area contributed by atoms with Crippen molar-refractivity contribution in [3.05, 3.63) is 65.2 Å². The Labute approximate surface area is 213 Å². The van der Waals surface area contributed by atoms with E-state index in [2.05, 4.69) is 0 Å². The molecule has 1 atom stereocenters. The summed E-state index contributed by atoms with van der Waals surface area (Å²) in [5, 5.41) is 0.607. The van der Waals surface area contributed by atoms with Crippen LogP contribution in [0.4, 0.5) is 0 Å². The normalized spacial score (nSPS) is 20.9. The molecule has 2 aromatic carbocycles. The molecule has 0 N–H and O–H groups in total. The predicted octanol–water partition coefficient (Wildman–Crippen LogP) is 4.80. The van der Waals surface area contributed by atoms with Crippen molar-refractivity contribution in [3.8, 4) is 5.75 Å². The quantitative estimate of drug-likeness (QED) is 0.524. The predicted molar refractivity (Wildman–Crippen MR) is 136 cm³/mol. The fourth-order valence-corrected chi connectivity index (χ4v) is 5.29. The van der Waals surface area contributed by atoms with Gasteiger partial charge < -0.3 is 19.3 Å². The third kappa shape index (κ3) is 6.98. The SMILES string of the molecule is CN(Cc1ccccc1)C(=O)CC1(COc2cccc(Cl)c2)CCCN(C(=O)C2CCOCC2)C1. The van der Waals surface area contributed by atoms with Crippen molar-refractivity contribution in [2.24, 2.45) is 11.3 Å². The molecule has 4 rings (SSSR count). The first-order valence-electron chi connectivity index (χ1n) is 12.5. The van der Waals surface area contributed by atoms with Gasteiger partial charge in [0, 0.05) is 62.7 Å². The molecule has 2 aromatic rings. The summed E-state index contributed by atoms with van der Waals surface area (Å²) in [5.41, 5.74) is 0.635. The van der Waals surface area contributed by atoms with Gasteiger partial charge in [-0.15, -0.1) is 0 Å². The Morgan fingerprint density at radius 2 is 1.91 bits per heavy atom. The summed E-state index contributed by atoms with van der Waals surface area (Å²) < 4.78 is 11.6. The topological polar surface area (TPSA) is 59.1 Å². The molecule has 7 heteroatoms. The largest absolute Gasteiger partial charge is 0.493 e. The van der Waals surface area contributed by atoms with Crippen LogP contribution in [0.25, 0.3) is 0 Å². The van der Waals surface area contributed by atoms with Gasteiger partial charge in [-0.1, -0.05) is 48.0 Å². The molecule has 0 bridgehead atoms. The average Bonchev–Trinajstić information content (AvgIpc) is 2.88. The molecule has 0 radical (unpaired) electrons.